The van der Waals surface area contributed by atoms with E-state index in [1.54, 1.807) is 0 Å². The number of nitrogens with one attached hydrogen (secondary N) is 1. The van der Waals surface area contributed by atoms with Gasteiger partial charge in [0.05, 0.1) is 0 Å². The topological polar surface area (TPSA) is 33.6 Å². The van der Waals surface area contributed by atoms with Crippen LogP contribution in [0.5, 0.6) is 0 Å². The van der Waals surface area contributed by atoms with Crippen molar-refractivity contribution < 1.29 is 0 Å². The number of aromatic amines is 1. The summed E-state index contributed by atoms with van der Waals surface area (Å²) < 4.78 is 2.78. The van der Waals surface area contributed by atoms with Crippen LogP contribution in [-0.2, 0) is 6.42 Å². The molecule has 1 N–H and O–H groups in total. The van der Waals surface area contributed by atoms with Crippen LogP contribution in [0, 0.1) is 18.6 Å². The molecule has 0 aliphatic rings. The molecule has 2 aromatic rings. The van der Waals surface area contributed by atoms with Gasteiger partial charge in [0.1, 0.15) is 5.82 Å². The van der Waals surface area contributed by atoms with Gasteiger partial charge in [0.15, 0.2) is 4.77 Å². The third-order valence-corrected chi connectivity index (χ3v) is 3.44. The van der Waals surface area contributed by atoms with Crippen LogP contribution in [0.25, 0.3) is 0 Å². The van der Waals surface area contributed by atoms with E-state index in [4.69, 9.17) is 12.2 Å². The molecule has 0 amide bonds. The van der Waals surface area contributed by atoms with Gasteiger partial charge in [0.25, 0.3) is 0 Å². The standard InChI is InChI=1S/C14H19N3S/c1-9(2)17-13(15-16-14(17)18)8-12-7-10(3)5-6-11(12)4/h5-7,9H,8H2,1-4H3,(H,16,18). The highest BCUT2D eigenvalue weighted by Gasteiger charge is 2.11. The Kier molecular flexibility index (Phi) is 3.66. The first-order valence-electron chi connectivity index (χ1n) is 6.21. The molecule has 0 fully saturated rings. The fourth-order valence-electron chi connectivity index (χ4n) is 2.16. The van der Waals surface area contributed by atoms with Gasteiger partial charge in [0, 0.05) is 12.5 Å². The van der Waals surface area contributed by atoms with E-state index >= 15 is 0 Å². The fraction of sp³-hybridized carbons (Fsp3) is 0.429. The summed E-state index contributed by atoms with van der Waals surface area (Å²) >= 11 is 5.27. The lowest BCUT2D eigenvalue weighted by atomic mass is 10.0. The summed E-state index contributed by atoms with van der Waals surface area (Å²) in [6, 6.07) is 6.85. The second-order valence-corrected chi connectivity index (χ2v) is 5.40. The molecule has 0 radical (unpaired) electrons. The maximum atomic E-state index is 5.27. The van der Waals surface area contributed by atoms with E-state index in [2.05, 4.69) is 60.7 Å². The van der Waals surface area contributed by atoms with Crippen LogP contribution in [0.2, 0.25) is 0 Å². The van der Waals surface area contributed by atoms with Crippen LogP contribution in [0.15, 0.2) is 18.2 Å². The van der Waals surface area contributed by atoms with Crippen LogP contribution in [-0.4, -0.2) is 14.8 Å². The van der Waals surface area contributed by atoms with Gasteiger partial charge in [-0.1, -0.05) is 23.8 Å². The Hall–Kier alpha value is -1.42. The van der Waals surface area contributed by atoms with Crippen LogP contribution < -0.4 is 0 Å². The molecule has 1 aromatic heterocycles. The number of H-pyrrole nitrogens is 1. The van der Waals surface area contributed by atoms with E-state index in [1.807, 2.05) is 0 Å². The second-order valence-electron chi connectivity index (χ2n) is 5.02. The number of aromatic nitrogens is 3. The monoisotopic (exact) mass is 261 g/mol. The number of nitrogens with zero attached hydrogens (tertiary/aromatic N) is 2. The summed E-state index contributed by atoms with van der Waals surface area (Å²) in [6.45, 7) is 8.49. The molecule has 18 heavy (non-hydrogen) atoms. The fourth-order valence-corrected chi connectivity index (χ4v) is 2.52. The normalized spacial score (nSPS) is 11.2. The summed E-state index contributed by atoms with van der Waals surface area (Å²) in [5.74, 6) is 1.00. The van der Waals surface area contributed by atoms with Crippen molar-refractivity contribution in [1.82, 2.24) is 14.8 Å². The molecule has 0 atom stereocenters. The molecular weight excluding hydrogens is 242 g/mol. The highest BCUT2D eigenvalue weighted by Crippen LogP contribution is 2.17. The van der Waals surface area contributed by atoms with Crippen molar-refractivity contribution in [2.75, 3.05) is 0 Å². The molecule has 0 spiro atoms. The highest BCUT2D eigenvalue weighted by atomic mass is 32.1. The van der Waals surface area contributed by atoms with Crippen molar-refractivity contribution in [1.29, 1.82) is 0 Å². The quantitative estimate of drug-likeness (QED) is 0.854. The lowest BCUT2D eigenvalue weighted by Gasteiger charge is -2.12. The molecular formula is C14H19N3S. The van der Waals surface area contributed by atoms with E-state index < -0.39 is 0 Å². The summed E-state index contributed by atoms with van der Waals surface area (Å²) in [6.07, 6.45) is 0.818. The van der Waals surface area contributed by atoms with Crippen molar-refractivity contribution in [3.05, 3.63) is 45.5 Å². The second kappa shape index (κ2) is 5.06. The summed E-state index contributed by atoms with van der Waals surface area (Å²) in [7, 11) is 0. The zero-order chi connectivity index (χ0) is 13.3. The van der Waals surface area contributed by atoms with Crippen molar-refractivity contribution in [2.45, 2.75) is 40.2 Å². The van der Waals surface area contributed by atoms with Crippen LogP contribution in [0.4, 0.5) is 0 Å². The minimum Gasteiger partial charge on any atom is -0.301 e. The molecule has 0 unspecified atom stereocenters. The van der Waals surface area contributed by atoms with E-state index in [0.29, 0.717) is 10.8 Å². The molecule has 2 rings (SSSR count). The Balaban J connectivity index is 2.40. The van der Waals surface area contributed by atoms with Gasteiger partial charge in [0.2, 0.25) is 0 Å². The van der Waals surface area contributed by atoms with Crippen molar-refractivity contribution in [3.63, 3.8) is 0 Å². The van der Waals surface area contributed by atoms with Crippen LogP contribution in [0.3, 0.4) is 0 Å². The molecule has 4 heteroatoms. The van der Waals surface area contributed by atoms with Gasteiger partial charge in [-0.25, -0.2) is 0 Å². The molecule has 1 heterocycles. The number of rotatable bonds is 3. The third-order valence-electron chi connectivity index (χ3n) is 3.15. The molecule has 1 aromatic carbocycles. The maximum absolute atomic E-state index is 5.27. The molecule has 0 saturated heterocycles. The van der Waals surface area contributed by atoms with Crippen molar-refractivity contribution in [2.24, 2.45) is 0 Å². The Morgan fingerprint density at radius 3 is 2.72 bits per heavy atom. The Labute approximate surface area is 113 Å². The van der Waals surface area contributed by atoms with Crippen LogP contribution in [0.1, 0.15) is 42.4 Å². The Morgan fingerprint density at radius 2 is 2.06 bits per heavy atom. The summed E-state index contributed by atoms with van der Waals surface area (Å²) in [5.41, 5.74) is 3.89. The van der Waals surface area contributed by atoms with Crippen molar-refractivity contribution >= 4 is 12.2 Å². The predicted octanol–water partition coefficient (Wildman–Crippen LogP) is 3.73. The molecule has 0 saturated carbocycles. The summed E-state index contributed by atoms with van der Waals surface area (Å²) in [4.78, 5) is 0. The number of aryl methyl sites for hydroxylation is 2. The SMILES string of the molecule is Cc1ccc(C)c(Cc2n[nH]c(=S)n2C(C)C)c1. The van der Waals surface area contributed by atoms with Crippen molar-refractivity contribution in [3.8, 4) is 0 Å². The third kappa shape index (κ3) is 2.53. The van der Waals surface area contributed by atoms with E-state index in [1.165, 1.54) is 16.7 Å². The minimum atomic E-state index is 0.330. The highest BCUT2D eigenvalue weighted by molar-refractivity contribution is 7.71. The van der Waals surface area contributed by atoms with Gasteiger partial charge in [-0.2, -0.15) is 5.10 Å². The summed E-state index contributed by atoms with van der Waals surface area (Å²) in [5, 5.41) is 7.24. The number of benzene rings is 1. The first-order valence-corrected chi connectivity index (χ1v) is 6.61. The first kappa shape index (κ1) is 13.0. The van der Waals surface area contributed by atoms with E-state index in [0.717, 1.165) is 12.2 Å². The zero-order valence-electron chi connectivity index (χ0n) is 11.3. The molecule has 0 aliphatic carbocycles. The Bertz CT molecular complexity index is 608. The van der Waals surface area contributed by atoms with Gasteiger partial charge < -0.3 is 4.57 Å². The number of hydrogen-bond acceptors (Lipinski definition) is 2. The largest absolute Gasteiger partial charge is 0.301 e. The molecule has 3 nitrogen and oxygen atoms in total. The minimum absolute atomic E-state index is 0.330. The van der Waals surface area contributed by atoms with Gasteiger partial charge in [-0.15, -0.1) is 0 Å². The maximum Gasteiger partial charge on any atom is 0.195 e. The predicted molar refractivity (Wildman–Crippen MR) is 76.5 cm³/mol. The average Bonchev–Trinajstić information content (AvgIpc) is 2.65. The van der Waals surface area contributed by atoms with Gasteiger partial charge >= 0.3 is 0 Å². The van der Waals surface area contributed by atoms with E-state index in [-0.39, 0.29) is 0 Å². The number of hydrogen-bond donors (Lipinski definition) is 1. The average molecular weight is 261 g/mol. The Morgan fingerprint density at radius 1 is 1.33 bits per heavy atom. The lowest BCUT2D eigenvalue weighted by molar-refractivity contribution is 0.567. The van der Waals surface area contributed by atoms with Crippen LogP contribution >= 0.6 is 12.2 Å². The molecule has 0 bridgehead atoms. The smallest absolute Gasteiger partial charge is 0.195 e. The molecule has 0 aliphatic heterocycles. The van der Waals surface area contributed by atoms with Gasteiger partial charge in [-0.05, 0) is 51.0 Å². The van der Waals surface area contributed by atoms with Gasteiger partial charge in [-0.3, -0.25) is 5.10 Å². The molecule has 96 valence electrons. The lowest BCUT2D eigenvalue weighted by Crippen LogP contribution is -2.07. The zero-order valence-corrected chi connectivity index (χ0v) is 12.1. The first-order chi connectivity index (χ1) is 8.49. The van der Waals surface area contributed by atoms with E-state index in [9.17, 15) is 0 Å².